The molecule has 0 spiro atoms. The molecule has 3 nitrogen and oxygen atoms in total. The molecular weight excluding hydrogens is 223 g/mol. The number of alkyl halides is 3. The van der Waals surface area contributed by atoms with Gasteiger partial charge in [0.05, 0.1) is 5.57 Å². The SMILES string of the molecule is C=C(c1ccc(NC(=O)O)cc1)C(F)(F)F. The predicted molar refractivity (Wildman–Crippen MR) is 53.2 cm³/mol. The Morgan fingerprint density at radius 2 is 1.75 bits per heavy atom. The predicted octanol–water partition coefficient (Wildman–Crippen LogP) is 3.35. The summed E-state index contributed by atoms with van der Waals surface area (Å²) in [6, 6.07) is 4.78. The molecule has 0 atom stereocenters. The Hall–Kier alpha value is -1.98. The van der Waals surface area contributed by atoms with Crippen LogP contribution in [0.2, 0.25) is 0 Å². The van der Waals surface area contributed by atoms with Crippen molar-refractivity contribution in [2.75, 3.05) is 5.32 Å². The number of halogens is 3. The van der Waals surface area contributed by atoms with E-state index in [1.165, 1.54) is 12.1 Å². The topological polar surface area (TPSA) is 49.3 Å². The summed E-state index contributed by atoms with van der Waals surface area (Å²) in [4.78, 5) is 10.2. The molecule has 1 aromatic carbocycles. The van der Waals surface area contributed by atoms with Crippen LogP contribution in [0.4, 0.5) is 23.7 Å². The van der Waals surface area contributed by atoms with Gasteiger partial charge in [-0.05, 0) is 17.7 Å². The second kappa shape index (κ2) is 4.26. The Labute approximate surface area is 89.2 Å². The molecule has 0 radical (unpaired) electrons. The van der Waals surface area contributed by atoms with E-state index < -0.39 is 17.8 Å². The minimum Gasteiger partial charge on any atom is -0.465 e. The number of hydrogen-bond acceptors (Lipinski definition) is 1. The number of anilines is 1. The largest absolute Gasteiger partial charge is 0.465 e. The molecule has 1 rings (SSSR count). The first-order chi connectivity index (χ1) is 7.30. The van der Waals surface area contributed by atoms with E-state index in [0.717, 1.165) is 12.1 Å². The maximum Gasteiger partial charge on any atom is 0.416 e. The van der Waals surface area contributed by atoms with Crippen LogP contribution in [0.15, 0.2) is 30.8 Å². The van der Waals surface area contributed by atoms with Crippen molar-refractivity contribution in [2.24, 2.45) is 0 Å². The Bertz CT molecular complexity index is 409. The first-order valence-electron chi connectivity index (χ1n) is 4.17. The molecule has 1 aromatic rings. The molecule has 0 aliphatic rings. The van der Waals surface area contributed by atoms with Crippen LogP contribution in [-0.4, -0.2) is 17.4 Å². The standard InChI is InChI=1S/C10H8F3NO2/c1-6(10(11,12)13)7-2-4-8(5-3-7)14-9(15)16/h2-5,14H,1H2,(H,15,16). The number of carbonyl (C=O) groups is 1. The molecule has 0 bridgehead atoms. The monoisotopic (exact) mass is 231 g/mol. The van der Waals surface area contributed by atoms with Crippen LogP contribution in [0.1, 0.15) is 5.56 Å². The smallest absolute Gasteiger partial charge is 0.416 e. The van der Waals surface area contributed by atoms with Gasteiger partial charge in [-0.1, -0.05) is 18.7 Å². The van der Waals surface area contributed by atoms with Crippen molar-refractivity contribution in [2.45, 2.75) is 6.18 Å². The van der Waals surface area contributed by atoms with Gasteiger partial charge in [0.1, 0.15) is 0 Å². The lowest BCUT2D eigenvalue weighted by atomic mass is 10.1. The van der Waals surface area contributed by atoms with Crippen molar-refractivity contribution in [1.82, 2.24) is 0 Å². The van der Waals surface area contributed by atoms with Gasteiger partial charge >= 0.3 is 12.3 Å². The van der Waals surface area contributed by atoms with Gasteiger partial charge < -0.3 is 5.11 Å². The Balaban J connectivity index is 2.87. The third-order valence-electron chi connectivity index (χ3n) is 1.83. The maximum atomic E-state index is 12.2. The van der Waals surface area contributed by atoms with Crippen molar-refractivity contribution in [1.29, 1.82) is 0 Å². The van der Waals surface area contributed by atoms with Crippen molar-refractivity contribution < 1.29 is 23.1 Å². The van der Waals surface area contributed by atoms with Crippen molar-refractivity contribution in [3.63, 3.8) is 0 Å². The first-order valence-corrected chi connectivity index (χ1v) is 4.17. The summed E-state index contributed by atoms with van der Waals surface area (Å²) in [6.45, 7) is 2.93. The number of allylic oxidation sites excluding steroid dienone is 1. The minimum absolute atomic E-state index is 0.0940. The van der Waals surface area contributed by atoms with Gasteiger partial charge in [-0.15, -0.1) is 0 Å². The van der Waals surface area contributed by atoms with E-state index in [1.807, 2.05) is 5.32 Å². The zero-order valence-electron chi connectivity index (χ0n) is 8.01. The highest BCUT2D eigenvalue weighted by molar-refractivity contribution is 5.83. The van der Waals surface area contributed by atoms with E-state index >= 15 is 0 Å². The lowest BCUT2D eigenvalue weighted by molar-refractivity contribution is -0.0686. The van der Waals surface area contributed by atoms with Gasteiger partial charge in [-0.3, -0.25) is 5.32 Å². The first kappa shape index (κ1) is 12.1. The van der Waals surface area contributed by atoms with E-state index in [9.17, 15) is 18.0 Å². The van der Waals surface area contributed by atoms with Crippen LogP contribution in [0.3, 0.4) is 0 Å². The van der Waals surface area contributed by atoms with Crippen molar-refractivity contribution in [3.05, 3.63) is 36.4 Å². The van der Waals surface area contributed by atoms with Gasteiger partial charge in [-0.25, -0.2) is 4.79 Å². The second-order valence-corrected chi connectivity index (χ2v) is 2.98. The average molecular weight is 231 g/mol. The van der Waals surface area contributed by atoms with Gasteiger partial charge in [-0.2, -0.15) is 13.2 Å². The number of amides is 1. The van der Waals surface area contributed by atoms with Gasteiger partial charge in [0.25, 0.3) is 0 Å². The van der Waals surface area contributed by atoms with Crippen LogP contribution < -0.4 is 5.32 Å². The summed E-state index contributed by atoms with van der Waals surface area (Å²) in [5.74, 6) is 0. The Morgan fingerprint density at radius 3 is 2.12 bits per heavy atom. The summed E-state index contributed by atoms with van der Waals surface area (Å²) in [5.41, 5.74) is -0.857. The number of carboxylic acid groups (broad SMARTS) is 1. The zero-order chi connectivity index (χ0) is 12.3. The molecule has 2 N–H and O–H groups in total. The fourth-order valence-electron chi connectivity index (χ4n) is 1.04. The average Bonchev–Trinajstić information content (AvgIpc) is 2.15. The van der Waals surface area contributed by atoms with Crippen LogP contribution in [0.5, 0.6) is 0 Å². The quantitative estimate of drug-likeness (QED) is 0.819. The molecule has 16 heavy (non-hydrogen) atoms. The van der Waals surface area contributed by atoms with Crippen molar-refractivity contribution >= 4 is 17.4 Å². The van der Waals surface area contributed by atoms with E-state index in [2.05, 4.69) is 6.58 Å². The van der Waals surface area contributed by atoms with E-state index in [4.69, 9.17) is 5.11 Å². The highest BCUT2D eigenvalue weighted by atomic mass is 19.4. The summed E-state index contributed by atoms with van der Waals surface area (Å²) in [7, 11) is 0. The number of hydrogen-bond donors (Lipinski definition) is 2. The fourth-order valence-corrected chi connectivity index (χ4v) is 1.04. The molecule has 0 saturated carbocycles. The summed E-state index contributed by atoms with van der Waals surface area (Å²) >= 11 is 0. The fraction of sp³-hybridized carbons (Fsp3) is 0.100. The minimum atomic E-state index is -4.48. The lowest BCUT2D eigenvalue weighted by Gasteiger charge is -2.10. The molecule has 86 valence electrons. The molecule has 0 heterocycles. The van der Waals surface area contributed by atoms with Crippen LogP contribution in [0.25, 0.3) is 5.57 Å². The maximum absolute atomic E-state index is 12.2. The molecule has 6 heteroatoms. The second-order valence-electron chi connectivity index (χ2n) is 2.98. The van der Waals surface area contributed by atoms with E-state index in [-0.39, 0.29) is 11.3 Å². The lowest BCUT2D eigenvalue weighted by Crippen LogP contribution is -2.10. The number of rotatable bonds is 2. The Kier molecular flexibility index (Phi) is 3.22. The highest BCUT2D eigenvalue weighted by Gasteiger charge is 2.32. The summed E-state index contributed by atoms with van der Waals surface area (Å²) in [5, 5.41) is 10.4. The third kappa shape index (κ3) is 3.01. The van der Waals surface area contributed by atoms with Gasteiger partial charge in [0.2, 0.25) is 0 Å². The summed E-state index contributed by atoms with van der Waals surface area (Å²) < 4.78 is 36.7. The molecule has 1 amide bonds. The van der Waals surface area contributed by atoms with E-state index in [0.29, 0.717) is 0 Å². The molecule has 0 aliphatic heterocycles. The zero-order valence-corrected chi connectivity index (χ0v) is 8.01. The Morgan fingerprint density at radius 1 is 1.25 bits per heavy atom. The van der Waals surface area contributed by atoms with Crippen LogP contribution >= 0.6 is 0 Å². The third-order valence-corrected chi connectivity index (χ3v) is 1.83. The molecular formula is C10H8F3NO2. The number of benzene rings is 1. The van der Waals surface area contributed by atoms with Crippen LogP contribution in [0, 0.1) is 0 Å². The van der Waals surface area contributed by atoms with E-state index in [1.54, 1.807) is 0 Å². The molecule has 0 saturated heterocycles. The molecule has 0 aliphatic carbocycles. The highest BCUT2D eigenvalue weighted by Crippen LogP contribution is 2.32. The molecule has 0 unspecified atom stereocenters. The summed E-state index contributed by atoms with van der Waals surface area (Å²) in [6.07, 6.45) is -5.76. The van der Waals surface area contributed by atoms with Gasteiger partial charge in [0.15, 0.2) is 0 Å². The van der Waals surface area contributed by atoms with Crippen molar-refractivity contribution in [3.8, 4) is 0 Å². The number of nitrogens with one attached hydrogen (secondary N) is 1. The molecule has 0 fully saturated rings. The van der Waals surface area contributed by atoms with Crippen LogP contribution in [-0.2, 0) is 0 Å². The normalized spacial score (nSPS) is 10.9. The molecule has 0 aromatic heterocycles. The van der Waals surface area contributed by atoms with Gasteiger partial charge in [0, 0.05) is 5.69 Å².